The van der Waals surface area contributed by atoms with Crippen LogP contribution in [0.2, 0.25) is 0 Å². The highest BCUT2D eigenvalue weighted by Gasteiger charge is 1.98. The lowest BCUT2D eigenvalue weighted by atomic mass is 10.2. The van der Waals surface area contributed by atoms with E-state index < -0.39 is 0 Å². The second-order valence-electron chi connectivity index (χ2n) is 3.60. The van der Waals surface area contributed by atoms with Crippen LogP contribution in [0.15, 0.2) is 55.0 Å². The lowest BCUT2D eigenvalue weighted by Gasteiger charge is -2.04. The van der Waals surface area contributed by atoms with Gasteiger partial charge in [0.2, 0.25) is 0 Å². The maximum Gasteiger partial charge on any atom is 0.150 e. The molecule has 0 atom stereocenters. The average Bonchev–Trinajstić information content (AvgIpc) is 2.40. The van der Waals surface area contributed by atoms with E-state index in [4.69, 9.17) is 0 Å². The molecule has 4 nitrogen and oxygen atoms in total. The molecule has 0 aliphatic heterocycles. The fraction of sp³-hybridized carbons (Fsp3) is 0. The number of nitrogens with zero attached hydrogens (tertiary/aromatic N) is 3. The molecule has 4 heteroatoms. The van der Waals surface area contributed by atoms with Crippen LogP contribution < -0.4 is 5.32 Å². The van der Waals surface area contributed by atoms with E-state index in [9.17, 15) is 0 Å². The topological polar surface area (TPSA) is 50.7 Å². The van der Waals surface area contributed by atoms with E-state index in [1.165, 1.54) is 0 Å². The highest BCUT2D eigenvalue weighted by molar-refractivity contribution is 5.80. The van der Waals surface area contributed by atoms with E-state index in [2.05, 4.69) is 20.3 Å². The van der Waals surface area contributed by atoms with Gasteiger partial charge in [0.25, 0.3) is 0 Å². The predicted octanol–water partition coefficient (Wildman–Crippen LogP) is 2.77. The lowest BCUT2D eigenvalue weighted by molar-refractivity contribution is 1.19. The number of para-hydroxylation sites is 1. The summed E-state index contributed by atoms with van der Waals surface area (Å²) in [6, 6.07) is 11.9. The molecular weight excluding hydrogens is 212 g/mol. The van der Waals surface area contributed by atoms with Gasteiger partial charge in [-0.15, -0.1) is 0 Å². The van der Waals surface area contributed by atoms with Gasteiger partial charge in [-0.1, -0.05) is 18.2 Å². The Kier molecular flexibility index (Phi) is 2.38. The molecule has 1 N–H and O–H groups in total. The first kappa shape index (κ1) is 9.72. The molecule has 1 aromatic carbocycles. The van der Waals surface area contributed by atoms with Crippen molar-refractivity contribution in [3.05, 3.63) is 55.0 Å². The lowest BCUT2D eigenvalue weighted by Crippen LogP contribution is -1.96. The summed E-state index contributed by atoms with van der Waals surface area (Å²) in [6.45, 7) is 0. The maximum atomic E-state index is 4.49. The zero-order valence-electron chi connectivity index (χ0n) is 9.04. The van der Waals surface area contributed by atoms with Crippen molar-refractivity contribution in [3.63, 3.8) is 0 Å². The fourth-order valence-electron chi connectivity index (χ4n) is 1.63. The molecule has 17 heavy (non-hydrogen) atoms. The molecule has 0 amide bonds. The van der Waals surface area contributed by atoms with Crippen molar-refractivity contribution in [2.45, 2.75) is 0 Å². The molecule has 0 radical (unpaired) electrons. The Morgan fingerprint density at radius 2 is 1.82 bits per heavy atom. The van der Waals surface area contributed by atoms with Crippen LogP contribution in [0.4, 0.5) is 11.6 Å². The molecule has 3 rings (SSSR count). The fourth-order valence-corrected chi connectivity index (χ4v) is 1.63. The van der Waals surface area contributed by atoms with E-state index in [0.717, 1.165) is 16.7 Å². The van der Waals surface area contributed by atoms with Crippen LogP contribution in [0, 0.1) is 0 Å². The summed E-state index contributed by atoms with van der Waals surface area (Å²) < 4.78 is 0. The van der Waals surface area contributed by atoms with Crippen LogP contribution in [0.3, 0.4) is 0 Å². The normalized spacial score (nSPS) is 10.4. The molecular formula is C13H10N4. The van der Waals surface area contributed by atoms with Crippen LogP contribution in [0.1, 0.15) is 0 Å². The molecule has 2 heterocycles. The number of nitrogens with one attached hydrogen (secondary N) is 1. The number of benzene rings is 1. The van der Waals surface area contributed by atoms with E-state index in [-0.39, 0.29) is 0 Å². The van der Waals surface area contributed by atoms with Gasteiger partial charge in [-0.2, -0.15) is 0 Å². The van der Waals surface area contributed by atoms with Crippen LogP contribution in [-0.4, -0.2) is 15.0 Å². The summed E-state index contributed by atoms with van der Waals surface area (Å²) in [5, 5.41) is 4.23. The smallest absolute Gasteiger partial charge is 0.150 e. The van der Waals surface area contributed by atoms with Crippen LogP contribution in [0.25, 0.3) is 10.9 Å². The van der Waals surface area contributed by atoms with Gasteiger partial charge in [0, 0.05) is 17.8 Å². The molecule has 0 unspecified atom stereocenters. The minimum Gasteiger partial charge on any atom is -0.324 e. The Morgan fingerprint density at radius 3 is 2.71 bits per heavy atom. The molecule has 0 aliphatic carbocycles. The monoisotopic (exact) mass is 222 g/mol. The number of anilines is 2. The summed E-state index contributed by atoms with van der Waals surface area (Å²) in [5.74, 6) is 1.46. The van der Waals surface area contributed by atoms with Gasteiger partial charge in [0.15, 0.2) is 0 Å². The first-order chi connectivity index (χ1) is 8.42. The number of rotatable bonds is 2. The summed E-state index contributed by atoms with van der Waals surface area (Å²) in [6.07, 6.45) is 4.94. The van der Waals surface area contributed by atoms with E-state index >= 15 is 0 Å². The van der Waals surface area contributed by atoms with Gasteiger partial charge >= 0.3 is 0 Å². The SMILES string of the molecule is c1ccc2nc(Nc3cnccn3)ccc2c1. The van der Waals surface area contributed by atoms with Crippen molar-refractivity contribution in [1.29, 1.82) is 0 Å². The quantitative estimate of drug-likeness (QED) is 0.724. The van der Waals surface area contributed by atoms with Crippen molar-refractivity contribution in [2.24, 2.45) is 0 Å². The molecule has 3 aromatic rings. The summed E-state index contributed by atoms with van der Waals surface area (Å²) in [7, 11) is 0. The summed E-state index contributed by atoms with van der Waals surface area (Å²) in [4.78, 5) is 12.6. The second-order valence-corrected chi connectivity index (χ2v) is 3.60. The number of aromatic nitrogens is 3. The first-order valence-corrected chi connectivity index (χ1v) is 5.31. The van der Waals surface area contributed by atoms with Crippen LogP contribution >= 0.6 is 0 Å². The Morgan fingerprint density at radius 1 is 0.882 bits per heavy atom. The minimum atomic E-state index is 0.690. The van der Waals surface area contributed by atoms with Crippen molar-refractivity contribution in [2.75, 3.05) is 5.32 Å². The zero-order valence-corrected chi connectivity index (χ0v) is 9.04. The van der Waals surface area contributed by atoms with Crippen LogP contribution in [-0.2, 0) is 0 Å². The standard InChI is InChI=1S/C13H10N4/c1-2-4-11-10(3-1)5-6-12(16-11)17-13-9-14-7-8-15-13/h1-9H,(H,15,16,17). The second kappa shape index (κ2) is 4.17. The number of fused-ring (bicyclic) bond motifs is 1. The number of pyridine rings is 1. The zero-order chi connectivity index (χ0) is 11.5. The van der Waals surface area contributed by atoms with Crippen molar-refractivity contribution < 1.29 is 0 Å². The predicted molar refractivity (Wildman–Crippen MR) is 67.1 cm³/mol. The van der Waals surface area contributed by atoms with Gasteiger partial charge < -0.3 is 5.32 Å². The van der Waals surface area contributed by atoms with E-state index in [1.54, 1.807) is 18.6 Å². The van der Waals surface area contributed by atoms with Gasteiger partial charge in [0.05, 0.1) is 11.7 Å². The Bertz CT molecular complexity index is 637. The molecule has 0 saturated heterocycles. The van der Waals surface area contributed by atoms with Gasteiger partial charge in [-0.05, 0) is 18.2 Å². The number of hydrogen-bond acceptors (Lipinski definition) is 4. The highest BCUT2D eigenvalue weighted by atomic mass is 15.1. The minimum absolute atomic E-state index is 0.690. The summed E-state index contributed by atoms with van der Waals surface area (Å²) >= 11 is 0. The maximum absolute atomic E-state index is 4.49. The van der Waals surface area contributed by atoms with Crippen molar-refractivity contribution >= 4 is 22.5 Å². The first-order valence-electron chi connectivity index (χ1n) is 5.31. The van der Waals surface area contributed by atoms with Crippen LogP contribution in [0.5, 0.6) is 0 Å². The number of hydrogen-bond donors (Lipinski definition) is 1. The van der Waals surface area contributed by atoms with E-state index in [1.807, 2.05) is 36.4 Å². The Labute approximate surface area is 98.4 Å². The summed E-state index contributed by atoms with van der Waals surface area (Å²) in [5.41, 5.74) is 0.960. The molecule has 0 spiro atoms. The van der Waals surface area contributed by atoms with Gasteiger partial charge in [0.1, 0.15) is 11.6 Å². The molecule has 82 valence electrons. The van der Waals surface area contributed by atoms with Gasteiger partial charge in [-0.3, -0.25) is 4.98 Å². The van der Waals surface area contributed by atoms with Gasteiger partial charge in [-0.25, -0.2) is 9.97 Å². The average molecular weight is 222 g/mol. The molecule has 0 saturated carbocycles. The third-order valence-corrected chi connectivity index (χ3v) is 2.42. The highest BCUT2D eigenvalue weighted by Crippen LogP contribution is 2.16. The Hall–Kier alpha value is -2.49. The molecule has 0 fully saturated rings. The van der Waals surface area contributed by atoms with Crippen molar-refractivity contribution in [3.8, 4) is 0 Å². The molecule has 2 aromatic heterocycles. The van der Waals surface area contributed by atoms with E-state index in [0.29, 0.717) is 5.82 Å². The molecule has 0 bridgehead atoms. The largest absolute Gasteiger partial charge is 0.324 e. The van der Waals surface area contributed by atoms with Crippen molar-refractivity contribution in [1.82, 2.24) is 15.0 Å². The Balaban J connectivity index is 1.96. The molecule has 0 aliphatic rings. The third-order valence-electron chi connectivity index (χ3n) is 2.42. The third kappa shape index (κ3) is 2.06.